The predicted molar refractivity (Wildman–Crippen MR) is 136 cm³/mol. The molecular weight excluding hydrogens is 436 g/mol. The Labute approximate surface area is 205 Å². The third-order valence-corrected chi connectivity index (χ3v) is 6.68. The van der Waals surface area contributed by atoms with Crippen LogP contribution >= 0.6 is 0 Å². The zero-order valence-corrected chi connectivity index (χ0v) is 20.2. The summed E-state index contributed by atoms with van der Waals surface area (Å²) in [6, 6.07) is 29.0. The van der Waals surface area contributed by atoms with Crippen LogP contribution in [-0.2, 0) is 15.0 Å². The molecule has 174 valence electrons. The zero-order valence-electron chi connectivity index (χ0n) is 20.2. The van der Waals surface area contributed by atoms with E-state index in [2.05, 4.69) is 60.7 Å². The minimum absolute atomic E-state index is 0.344. The molecule has 0 aromatic heterocycles. The molecule has 4 aromatic carbocycles. The van der Waals surface area contributed by atoms with Gasteiger partial charge in [0.05, 0.1) is 5.41 Å². The van der Waals surface area contributed by atoms with Gasteiger partial charge < -0.3 is 9.47 Å². The molecule has 0 heterocycles. The molecule has 0 unspecified atom stereocenters. The van der Waals surface area contributed by atoms with Crippen molar-refractivity contribution >= 4 is 11.9 Å². The first-order valence-electron chi connectivity index (χ1n) is 11.6. The van der Waals surface area contributed by atoms with Gasteiger partial charge in [0.15, 0.2) is 0 Å². The molecule has 0 atom stereocenters. The van der Waals surface area contributed by atoms with Crippen LogP contribution in [0.1, 0.15) is 47.2 Å². The molecule has 0 bridgehead atoms. The summed E-state index contributed by atoms with van der Waals surface area (Å²) in [4.78, 5) is 23.2. The van der Waals surface area contributed by atoms with E-state index >= 15 is 0 Å². The Morgan fingerprint density at radius 3 is 1.37 bits per heavy atom. The third-order valence-electron chi connectivity index (χ3n) is 6.68. The highest BCUT2D eigenvalue weighted by atomic mass is 16.5. The van der Waals surface area contributed by atoms with E-state index < -0.39 is 5.41 Å². The van der Waals surface area contributed by atoms with Gasteiger partial charge in [0, 0.05) is 13.8 Å². The van der Waals surface area contributed by atoms with E-state index in [1.807, 2.05) is 38.1 Å². The van der Waals surface area contributed by atoms with Crippen molar-refractivity contribution in [1.29, 1.82) is 0 Å². The van der Waals surface area contributed by atoms with Gasteiger partial charge in [-0.15, -0.1) is 0 Å². The second-order valence-electron chi connectivity index (χ2n) is 8.99. The van der Waals surface area contributed by atoms with Gasteiger partial charge in [-0.1, -0.05) is 72.8 Å². The second-order valence-corrected chi connectivity index (χ2v) is 8.99. The lowest BCUT2D eigenvalue weighted by Crippen LogP contribution is -2.29. The van der Waals surface area contributed by atoms with Gasteiger partial charge in [-0.2, -0.15) is 0 Å². The molecular formula is C31H26O4. The Balaban J connectivity index is 1.83. The van der Waals surface area contributed by atoms with Gasteiger partial charge in [-0.05, 0) is 70.5 Å². The topological polar surface area (TPSA) is 52.6 Å². The van der Waals surface area contributed by atoms with Crippen molar-refractivity contribution in [3.63, 3.8) is 0 Å². The Kier molecular flexibility index (Phi) is 5.52. The van der Waals surface area contributed by atoms with Crippen molar-refractivity contribution in [3.05, 3.63) is 118 Å². The largest absolute Gasteiger partial charge is 0.426 e. The van der Waals surface area contributed by atoms with Crippen LogP contribution in [0.5, 0.6) is 11.5 Å². The molecule has 0 spiro atoms. The molecule has 0 saturated heterocycles. The van der Waals surface area contributed by atoms with Crippen molar-refractivity contribution in [1.82, 2.24) is 0 Å². The van der Waals surface area contributed by atoms with Crippen LogP contribution in [0.2, 0.25) is 0 Å². The highest BCUT2D eigenvalue weighted by Gasteiger charge is 2.46. The average Bonchev–Trinajstić information content (AvgIpc) is 3.13. The van der Waals surface area contributed by atoms with Crippen LogP contribution in [0.25, 0.3) is 11.1 Å². The van der Waals surface area contributed by atoms with Gasteiger partial charge in [0.25, 0.3) is 0 Å². The highest BCUT2D eigenvalue weighted by Crippen LogP contribution is 2.56. The Hall–Kier alpha value is -4.18. The lowest BCUT2D eigenvalue weighted by atomic mass is 9.67. The molecule has 0 N–H and O–H groups in total. The first-order chi connectivity index (χ1) is 16.8. The van der Waals surface area contributed by atoms with Gasteiger partial charge in [0.2, 0.25) is 0 Å². The number of carbonyl (C=O) groups excluding carboxylic acids is 2. The number of rotatable bonds is 4. The van der Waals surface area contributed by atoms with Gasteiger partial charge >= 0.3 is 11.9 Å². The maximum Gasteiger partial charge on any atom is 0.308 e. The number of hydrogen-bond acceptors (Lipinski definition) is 4. The quantitative estimate of drug-likeness (QED) is 0.225. The number of carbonyl (C=O) groups is 2. The fourth-order valence-corrected chi connectivity index (χ4v) is 5.33. The lowest BCUT2D eigenvalue weighted by molar-refractivity contribution is -0.132. The van der Waals surface area contributed by atoms with Gasteiger partial charge in [-0.25, -0.2) is 0 Å². The maximum atomic E-state index is 11.6. The monoisotopic (exact) mass is 462 g/mol. The zero-order chi connectivity index (χ0) is 24.7. The van der Waals surface area contributed by atoms with E-state index in [0.29, 0.717) is 11.5 Å². The smallest absolute Gasteiger partial charge is 0.308 e. The Morgan fingerprint density at radius 2 is 1.00 bits per heavy atom. The predicted octanol–water partition coefficient (Wildman–Crippen LogP) is 6.52. The summed E-state index contributed by atoms with van der Waals surface area (Å²) in [7, 11) is 0. The van der Waals surface area contributed by atoms with E-state index in [-0.39, 0.29) is 11.9 Å². The first-order valence-corrected chi connectivity index (χ1v) is 11.6. The summed E-state index contributed by atoms with van der Waals surface area (Å²) < 4.78 is 10.8. The van der Waals surface area contributed by atoms with Crippen molar-refractivity contribution < 1.29 is 19.1 Å². The number of fused-ring (bicyclic) bond motifs is 3. The summed E-state index contributed by atoms with van der Waals surface area (Å²) in [5.41, 5.74) is 8.05. The summed E-state index contributed by atoms with van der Waals surface area (Å²) in [5, 5.41) is 0. The third kappa shape index (κ3) is 3.62. The summed E-state index contributed by atoms with van der Waals surface area (Å²) >= 11 is 0. The van der Waals surface area contributed by atoms with Crippen molar-refractivity contribution in [2.24, 2.45) is 0 Å². The SMILES string of the molecule is CC(=O)Oc1ccc(C2(c3ccc(OC(C)=O)c(C)c3)c3ccccc3-c3ccccc32)cc1C. The van der Waals surface area contributed by atoms with Crippen LogP contribution in [0, 0.1) is 13.8 Å². The van der Waals surface area contributed by atoms with Crippen molar-refractivity contribution in [2.45, 2.75) is 33.1 Å². The van der Waals surface area contributed by atoms with E-state index in [0.717, 1.165) is 22.3 Å². The second kappa shape index (κ2) is 8.55. The molecule has 4 heteroatoms. The van der Waals surface area contributed by atoms with Crippen LogP contribution in [-0.4, -0.2) is 11.9 Å². The van der Waals surface area contributed by atoms with Crippen LogP contribution in [0.3, 0.4) is 0 Å². The molecule has 5 rings (SSSR count). The molecule has 1 aliphatic rings. The molecule has 1 aliphatic carbocycles. The molecule has 0 aliphatic heterocycles. The van der Waals surface area contributed by atoms with Crippen LogP contribution in [0.15, 0.2) is 84.9 Å². The molecule has 0 amide bonds. The molecule has 4 nitrogen and oxygen atoms in total. The molecule has 4 aromatic rings. The van der Waals surface area contributed by atoms with Crippen molar-refractivity contribution in [3.8, 4) is 22.6 Å². The molecule has 0 saturated carbocycles. The number of ether oxygens (including phenoxy) is 2. The minimum atomic E-state index is -0.591. The Bertz CT molecular complexity index is 1370. The lowest BCUT2D eigenvalue weighted by Gasteiger charge is -2.34. The van der Waals surface area contributed by atoms with E-state index in [1.54, 1.807) is 0 Å². The minimum Gasteiger partial charge on any atom is -0.426 e. The standard InChI is InChI=1S/C31H26O4/c1-19-17-23(13-15-29(19)34-21(3)32)31(24-14-16-30(20(2)18-24)35-22(4)33)27-11-7-5-9-25(27)26-10-6-8-12-28(26)31/h5-18H,1-4H3. The molecule has 35 heavy (non-hydrogen) atoms. The number of hydrogen-bond donors (Lipinski definition) is 0. The molecule has 0 radical (unpaired) electrons. The molecule has 0 fully saturated rings. The van der Waals surface area contributed by atoms with E-state index in [9.17, 15) is 9.59 Å². The van der Waals surface area contributed by atoms with E-state index in [1.165, 1.54) is 36.1 Å². The fraction of sp³-hybridized carbons (Fsp3) is 0.161. The average molecular weight is 463 g/mol. The highest BCUT2D eigenvalue weighted by molar-refractivity contribution is 5.86. The normalized spacial score (nSPS) is 13.0. The summed E-state index contributed by atoms with van der Waals surface area (Å²) in [5.74, 6) is 0.419. The Morgan fingerprint density at radius 1 is 0.600 bits per heavy atom. The van der Waals surface area contributed by atoms with Gasteiger partial charge in [0.1, 0.15) is 11.5 Å². The summed E-state index contributed by atoms with van der Waals surface area (Å²) in [6.07, 6.45) is 0. The van der Waals surface area contributed by atoms with E-state index in [4.69, 9.17) is 9.47 Å². The fourth-order valence-electron chi connectivity index (χ4n) is 5.33. The maximum absolute atomic E-state index is 11.6. The number of aryl methyl sites for hydroxylation is 2. The number of benzene rings is 4. The van der Waals surface area contributed by atoms with Crippen LogP contribution in [0.4, 0.5) is 0 Å². The van der Waals surface area contributed by atoms with Crippen molar-refractivity contribution in [2.75, 3.05) is 0 Å². The summed E-state index contributed by atoms with van der Waals surface area (Å²) in [6.45, 7) is 6.73. The number of esters is 2. The van der Waals surface area contributed by atoms with Crippen LogP contribution < -0.4 is 9.47 Å². The first kappa shape index (κ1) is 22.6. The van der Waals surface area contributed by atoms with Gasteiger partial charge in [-0.3, -0.25) is 9.59 Å².